The van der Waals surface area contributed by atoms with Gasteiger partial charge in [0.2, 0.25) is 0 Å². The molecule has 4 heteroatoms. The first-order chi connectivity index (χ1) is 12.5. The Morgan fingerprint density at radius 2 is 1.50 bits per heavy atom. The van der Waals surface area contributed by atoms with Gasteiger partial charge in [-0.2, -0.15) is 0 Å². The lowest BCUT2D eigenvalue weighted by Crippen LogP contribution is -2.37. The first-order valence-electron chi connectivity index (χ1n) is 10.5. The zero-order valence-electron chi connectivity index (χ0n) is 17.6. The number of carboxylic acid groups (broad SMARTS) is 1. The lowest BCUT2D eigenvalue weighted by atomic mass is 9.99. The third-order valence-electron chi connectivity index (χ3n) is 4.68. The van der Waals surface area contributed by atoms with Crippen LogP contribution in [0.3, 0.4) is 0 Å². The maximum absolute atomic E-state index is 10.8. The van der Waals surface area contributed by atoms with Crippen molar-refractivity contribution in [2.75, 3.05) is 7.11 Å². The number of carbonyl (C=O) groups is 1. The van der Waals surface area contributed by atoms with Crippen molar-refractivity contribution in [1.82, 2.24) is 0 Å². The first-order valence-corrected chi connectivity index (χ1v) is 10.5. The highest BCUT2D eigenvalue weighted by Gasteiger charge is 2.31. The summed E-state index contributed by atoms with van der Waals surface area (Å²) in [5.74, 6) is -1.39. The monoisotopic (exact) mass is 370 g/mol. The van der Waals surface area contributed by atoms with Gasteiger partial charge in [0.1, 0.15) is 0 Å². The molecule has 0 heterocycles. The number of unbranched alkanes of at least 4 members (excludes halogenated alkanes) is 8. The SMILES string of the molecule is CC=CCCCCCCCCCCC(CCCC(=O)O)(OC)OC(C)C. The van der Waals surface area contributed by atoms with Gasteiger partial charge in [-0.25, -0.2) is 0 Å². The van der Waals surface area contributed by atoms with Gasteiger partial charge < -0.3 is 14.6 Å². The van der Waals surface area contributed by atoms with Crippen LogP contribution in [0.1, 0.15) is 104 Å². The van der Waals surface area contributed by atoms with Gasteiger partial charge in [0.15, 0.2) is 5.79 Å². The van der Waals surface area contributed by atoms with E-state index in [9.17, 15) is 4.79 Å². The van der Waals surface area contributed by atoms with Crippen LogP contribution in [0.5, 0.6) is 0 Å². The molecule has 0 amide bonds. The van der Waals surface area contributed by atoms with E-state index in [4.69, 9.17) is 14.6 Å². The predicted octanol–water partition coefficient (Wildman–Crippen LogP) is 6.49. The molecule has 0 spiro atoms. The summed E-state index contributed by atoms with van der Waals surface area (Å²) in [6, 6.07) is 0. The highest BCUT2D eigenvalue weighted by Crippen LogP contribution is 2.29. The number of allylic oxidation sites excluding steroid dienone is 2. The maximum Gasteiger partial charge on any atom is 0.303 e. The van der Waals surface area contributed by atoms with Crippen LogP contribution in [-0.4, -0.2) is 30.1 Å². The van der Waals surface area contributed by atoms with Crippen LogP contribution in [0.25, 0.3) is 0 Å². The second-order valence-corrected chi connectivity index (χ2v) is 7.46. The second-order valence-electron chi connectivity index (χ2n) is 7.46. The number of hydrogen-bond donors (Lipinski definition) is 1. The number of ether oxygens (including phenoxy) is 2. The van der Waals surface area contributed by atoms with E-state index < -0.39 is 11.8 Å². The fraction of sp³-hybridized carbons (Fsp3) is 0.864. The molecule has 1 N–H and O–H groups in total. The molecule has 4 nitrogen and oxygen atoms in total. The van der Waals surface area contributed by atoms with E-state index in [0.717, 1.165) is 12.8 Å². The lowest BCUT2D eigenvalue weighted by Gasteiger charge is -2.34. The van der Waals surface area contributed by atoms with Crippen molar-refractivity contribution >= 4 is 5.97 Å². The van der Waals surface area contributed by atoms with Gasteiger partial charge in [-0.15, -0.1) is 0 Å². The Labute approximate surface area is 161 Å². The quantitative estimate of drug-likeness (QED) is 0.170. The highest BCUT2D eigenvalue weighted by atomic mass is 16.7. The van der Waals surface area contributed by atoms with Gasteiger partial charge in [-0.3, -0.25) is 4.79 Å². The number of methoxy groups -OCH3 is 1. The summed E-state index contributed by atoms with van der Waals surface area (Å²) in [4.78, 5) is 10.8. The number of hydrogen-bond acceptors (Lipinski definition) is 3. The third kappa shape index (κ3) is 14.3. The summed E-state index contributed by atoms with van der Waals surface area (Å²) in [6.45, 7) is 6.08. The molecular formula is C22H42O4. The standard InChI is InChI=1S/C22H42O4/c1-5-6-7-8-9-10-11-12-13-14-15-18-22(25-4,26-20(2)3)19-16-17-21(23)24/h5-6,20H,7-19H2,1-4H3,(H,23,24). The molecule has 0 aliphatic carbocycles. The van der Waals surface area contributed by atoms with Gasteiger partial charge >= 0.3 is 5.97 Å². The summed E-state index contributed by atoms with van der Waals surface area (Å²) in [5, 5.41) is 8.86. The third-order valence-corrected chi connectivity index (χ3v) is 4.68. The van der Waals surface area contributed by atoms with Crippen LogP contribution in [-0.2, 0) is 14.3 Å². The van der Waals surface area contributed by atoms with Crippen molar-refractivity contribution < 1.29 is 19.4 Å². The predicted molar refractivity (Wildman–Crippen MR) is 108 cm³/mol. The zero-order valence-corrected chi connectivity index (χ0v) is 17.6. The summed E-state index contributed by atoms with van der Waals surface area (Å²) in [7, 11) is 1.68. The van der Waals surface area contributed by atoms with Crippen LogP contribution in [0.4, 0.5) is 0 Å². The normalized spacial score (nSPS) is 14.2. The molecule has 0 fully saturated rings. The van der Waals surface area contributed by atoms with Gasteiger partial charge in [0.05, 0.1) is 6.10 Å². The summed E-state index contributed by atoms with van der Waals surface area (Å²) in [6.07, 6.45) is 18.0. The molecule has 0 bridgehead atoms. The molecule has 0 aromatic carbocycles. The smallest absolute Gasteiger partial charge is 0.303 e. The van der Waals surface area contributed by atoms with Gasteiger partial charge in [-0.1, -0.05) is 50.7 Å². The zero-order chi connectivity index (χ0) is 19.7. The minimum atomic E-state index is -0.759. The fourth-order valence-electron chi connectivity index (χ4n) is 3.32. The second kappa shape index (κ2) is 16.3. The van der Waals surface area contributed by atoms with E-state index >= 15 is 0 Å². The molecule has 0 aromatic rings. The van der Waals surface area contributed by atoms with E-state index in [1.54, 1.807) is 7.11 Å². The fourth-order valence-corrected chi connectivity index (χ4v) is 3.32. The van der Waals surface area contributed by atoms with E-state index in [1.807, 2.05) is 13.8 Å². The van der Waals surface area contributed by atoms with Gasteiger partial charge in [-0.05, 0) is 46.5 Å². The van der Waals surface area contributed by atoms with E-state index in [0.29, 0.717) is 12.8 Å². The van der Waals surface area contributed by atoms with Crippen molar-refractivity contribution in [1.29, 1.82) is 0 Å². The van der Waals surface area contributed by atoms with Crippen molar-refractivity contribution in [2.45, 2.75) is 116 Å². The van der Waals surface area contributed by atoms with E-state index in [1.165, 1.54) is 51.4 Å². The molecule has 0 aliphatic heterocycles. The Hall–Kier alpha value is -0.870. The van der Waals surface area contributed by atoms with Gasteiger partial charge in [0.25, 0.3) is 0 Å². The molecule has 1 unspecified atom stereocenters. The van der Waals surface area contributed by atoms with E-state index in [2.05, 4.69) is 19.1 Å². The highest BCUT2D eigenvalue weighted by molar-refractivity contribution is 5.66. The molecular weight excluding hydrogens is 328 g/mol. The average molecular weight is 371 g/mol. The molecule has 0 saturated carbocycles. The maximum atomic E-state index is 10.8. The Balaban J connectivity index is 3.95. The lowest BCUT2D eigenvalue weighted by molar-refractivity contribution is -0.248. The summed E-state index contributed by atoms with van der Waals surface area (Å²) >= 11 is 0. The summed E-state index contributed by atoms with van der Waals surface area (Å²) < 4.78 is 11.7. The minimum absolute atomic E-state index is 0.0716. The number of carboxylic acids is 1. The van der Waals surface area contributed by atoms with Crippen LogP contribution in [0, 0.1) is 0 Å². The molecule has 0 aliphatic rings. The van der Waals surface area contributed by atoms with Crippen molar-refractivity contribution in [2.24, 2.45) is 0 Å². The topological polar surface area (TPSA) is 55.8 Å². The molecule has 154 valence electrons. The molecule has 0 rings (SSSR count). The first kappa shape index (κ1) is 25.1. The molecule has 0 radical (unpaired) electrons. The van der Waals surface area contributed by atoms with Crippen molar-refractivity contribution in [3.8, 4) is 0 Å². The Morgan fingerprint density at radius 3 is 2.00 bits per heavy atom. The molecule has 1 atom stereocenters. The molecule has 0 saturated heterocycles. The van der Waals surface area contributed by atoms with Crippen molar-refractivity contribution in [3.05, 3.63) is 12.2 Å². The Bertz CT molecular complexity index is 365. The van der Waals surface area contributed by atoms with Crippen LogP contribution in [0.2, 0.25) is 0 Å². The Morgan fingerprint density at radius 1 is 0.962 bits per heavy atom. The molecule has 26 heavy (non-hydrogen) atoms. The number of aliphatic carboxylic acids is 1. The van der Waals surface area contributed by atoms with Crippen LogP contribution < -0.4 is 0 Å². The molecule has 0 aromatic heterocycles. The van der Waals surface area contributed by atoms with Crippen LogP contribution in [0.15, 0.2) is 12.2 Å². The van der Waals surface area contributed by atoms with E-state index in [-0.39, 0.29) is 12.5 Å². The Kier molecular flexibility index (Phi) is 15.8. The van der Waals surface area contributed by atoms with Gasteiger partial charge in [0, 0.05) is 26.4 Å². The van der Waals surface area contributed by atoms with Crippen LogP contribution >= 0.6 is 0 Å². The minimum Gasteiger partial charge on any atom is -0.481 e. The summed E-state index contributed by atoms with van der Waals surface area (Å²) in [5.41, 5.74) is 0. The number of rotatable bonds is 18. The average Bonchev–Trinajstić information content (AvgIpc) is 2.58. The van der Waals surface area contributed by atoms with Crippen molar-refractivity contribution in [3.63, 3.8) is 0 Å². The largest absolute Gasteiger partial charge is 0.481 e.